The number of hydrogen-bond acceptors (Lipinski definition) is 0. The molecule has 0 saturated heterocycles. The minimum Gasteiger partial charge on any atom is -0.126 e. The van der Waals surface area contributed by atoms with Gasteiger partial charge >= 0.3 is 70.3 Å². The maximum Gasteiger partial charge on any atom is -0.0771 e. The molecule has 0 aliphatic heterocycles. The van der Waals surface area contributed by atoms with Gasteiger partial charge in [0, 0.05) is 0 Å². The Kier molecular flexibility index (Phi) is 13.4. The summed E-state index contributed by atoms with van der Waals surface area (Å²) in [4.78, 5) is 0. The first-order chi connectivity index (χ1) is 15.4. The first kappa shape index (κ1) is 30.6. The summed E-state index contributed by atoms with van der Waals surface area (Å²) in [6, 6.07) is 29.8. The molecule has 34 heavy (non-hydrogen) atoms. The second-order valence-electron chi connectivity index (χ2n) is 9.18. The smallest absolute Gasteiger partial charge is 0.0771 e. The van der Waals surface area contributed by atoms with Gasteiger partial charge in [-0.05, 0) is 8.07 Å². The van der Waals surface area contributed by atoms with E-state index in [1.54, 1.807) is 5.20 Å². The van der Waals surface area contributed by atoms with Crippen molar-refractivity contribution in [2.45, 2.75) is 33.0 Å². The molecule has 176 valence electrons. The van der Waals surface area contributed by atoms with Crippen molar-refractivity contribution in [2.75, 3.05) is 0 Å². The van der Waals surface area contributed by atoms with Gasteiger partial charge in [0.2, 0.25) is 0 Å². The largest absolute Gasteiger partial charge is 0.126 e. The van der Waals surface area contributed by atoms with Gasteiger partial charge in [0.1, 0.15) is 0 Å². The fourth-order valence-electron chi connectivity index (χ4n) is 3.69. The third-order valence-electron chi connectivity index (χ3n) is 5.50. The molecule has 1 aliphatic rings. The second kappa shape index (κ2) is 14.8. The molecular formula is C30H32Cl2SiZr-2. The van der Waals surface area contributed by atoms with Crippen molar-refractivity contribution in [1.29, 1.82) is 0 Å². The van der Waals surface area contributed by atoms with Crippen LogP contribution in [0, 0.1) is 12.0 Å². The second-order valence-corrected chi connectivity index (χ2v) is 15.3. The Morgan fingerprint density at radius 3 is 1.74 bits per heavy atom. The monoisotopic (exact) mass is 580 g/mol. The minimum atomic E-state index is -1.02. The summed E-state index contributed by atoms with van der Waals surface area (Å²) < 4.78 is 2.25. The summed E-state index contributed by atoms with van der Waals surface area (Å²) >= 11 is 1.51. The van der Waals surface area contributed by atoms with E-state index in [4.69, 9.17) is 0 Å². The average molecular weight is 583 g/mol. The van der Waals surface area contributed by atoms with Gasteiger partial charge < -0.3 is 24.8 Å². The normalized spacial score (nSPS) is 14.1. The van der Waals surface area contributed by atoms with E-state index in [0.29, 0.717) is 5.92 Å². The number of hydrogen-bond donors (Lipinski definition) is 0. The topological polar surface area (TPSA) is 0 Å². The van der Waals surface area contributed by atoms with Gasteiger partial charge in [-0.2, -0.15) is 6.08 Å². The molecule has 0 nitrogen and oxygen atoms in total. The number of fused-ring (bicyclic) bond motifs is 3. The van der Waals surface area contributed by atoms with Gasteiger partial charge in [-0.15, -0.1) is 39.7 Å². The molecule has 4 aromatic rings. The number of allylic oxidation sites excluding steroid dienone is 4. The molecule has 0 amide bonds. The Hall–Kier alpha value is -1.44. The van der Waals surface area contributed by atoms with Gasteiger partial charge in [0.15, 0.2) is 0 Å². The molecule has 4 aromatic carbocycles. The van der Waals surface area contributed by atoms with Crippen molar-refractivity contribution in [1.82, 2.24) is 0 Å². The molecule has 0 heterocycles. The SMILES string of the molecule is CC1[C-]=CC([Si](C)(C)C)=C1.[Cl-].[Cl-].[Zr+2]=[CH]Cc1ccccc1.c1ccc2c(c1)[cH-]c1ccccc12. The Balaban J connectivity index is 0.000000253. The molecule has 0 radical (unpaired) electrons. The summed E-state index contributed by atoms with van der Waals surface area (Å²) in [5.41, 5.74) is 1.41. The van der Waals surface area contributed by atoms with Gasteiger partial charge in [-0.1, -0.05) is 68.9 Å². The molecule has 0 saturated carbocycles. The Morgan fingerprint density at radius 1 is 0.824 bits per heavy atom. The molecule has 0 bridgehead atoms. The van der Waals surface area contributed by atoms with Crippen molar-refractivity contribution < 1.29 is 49.0 Å². The van der Waals surface area contributed by atoms with Crippen LogP contribution in [0.1, 0.15) is 12.5 Å². The third kappa shape index (κ3) is 8.97. The van der Waals surface area contributed by atoms with Crippen LogP contribution in [0.4, 0.5) is 0 Å². The van der Waals surface area contributed by atoms with Gasteiger partial charge in [0.05, 0.1) is 0 Å². The van der Waals surface area contributed by atoms with Crippen molar-refractivity contribution in [3.8, 4) is 0 Å². The fourth-order valence-corrected chi connectivity index (χ4v) is 5.53. The summed E-state index contributed by atoms with van der Waals surface area (Å²) in [5.74, 6) is 0.557. The van der Waals surface area contributed by atoms with Crippen LogP contribution in [0.3, 0.4) is 0 Å². The van der Waals surface area contributed by atoms with Crippen molar-refractivity contribution in [3.63, 3.8) is 0 Å². The van der Waals surface area contributed by atoms with Crippen LogP contribution >= 0.6 is 0 Å². The van der Waals surface area contributed by atoms with E-state index in [0.717, 1.165) is 6.42 Å². The summed E-state index contributed by atoms with van der Waals surface area (Å²) in [5, 5.41) is 6.95. The molecule has 1 atom stereocenters. The third-order valence-corrected chi connectivity index (χ3v) is 8.05. The summed E-state index contributed by atoms with van der Waals surface area (Å²) in [6.07, 6.45) is 8.93. The first-order valence-electron chi connectivity index (χ1n) is 11.3. The Labute approximate surface area is 233 Å². The van der Waals surface area contributed by atoms with Gasteiger partial charge in [-0.25, -0.2) is 11.3 Å². The van der Waals surface area contributed by atoms with Crippen LogP contribution in [0.15, 0.2) is 102 Å². The van der Waals surface area contributed by atoms with Crippen molar-refractivity contribution in [3.05, 3.63) is 114 Å². The maximum absolute atomic E-state index is 3.29. The van der Waals surface area contributed by atoms with E-state index in [1.807, 2.05) is 6.07 Å². The first-order valence-corrected chi connectivity index (χ1v) is 16.2. The van der Waals surface area contributed by atoms with Crippen LogP contribution in [0.2, 0.25) is 19.6 Å². The molecule has 0 aromatic heterocycles. The minimum absolute atomic E-state index is 0. The van der Waals surface area contributed by atoms with E-state index in [9.17, 15) is 0 Å². The average Bonchev–Trinajstić information content (AvgIpc) is 3.39. The molecule has 1 unspecified atom stereocenters. The number of benzene rings is 3. The van der Waals surface area contributed by atoms with E-state index in [2.05, 4.69) is 127 Å². The fraction of sp³-hybridized carbons (Fsp3) is 0.200. The zero-order valence-corrected chi connectivity index (χ0v) is 25.3. The predicted molar refractivity (Wildman–Crippen MR) is 142 cm³/mol. The molecule has 4 heteroatoms. The van der Waals surface area contributed by atoms with Crippen LogP contribution in [0.25, 0.3) is 21.5 Å². The van der Waals surface area contributed by atoms with Crippen LogP contribution in [0.5, 0.6) is 0 Å². The van der Waals surface area contributed by atoms with Crippen molar-refractivity contribution >= 4 is 33.3 Å². The summed E-state index contributed by atoms with van der Waals surface area (Å²) in [6.45, 7) is 9.29. The maximum atomic E-state index is 3.29. The van der Waals surface area contributed by atoms with Crippen LogP contribution < -0.4 is 24.8 Å². The van der Waals surface area contributed by atoms with Gasteiger partial charge in [-0.3, -0.25) is 6.08 Å². The van der Waals surface area contributed by atoms with Gasteiger partial charge in [0.25, 0.3) is 0 Å². The van der Waals surface area contributed by atoms with Crippen LogP contribution in [-0.4, -0.2) is 11.8 Å². The Bertz CT molecular complexity index is 1170. The quantitative estimate of drug-likeness (QED) is 0.257. The van der Waals surface area contributed by atoms with E-state index >= 15 is 0 Å². The summed E-state index contributed by atoms with van der Waals surface area (Å²) in [7, 11) is -1.02. The number of rotatable bonds is 3. The van der Waals surface area contributed by atoms with Crippen LogP contribution in [-0.2, 0) is 30.7 Å². The number of halogens is 2. The molecule has 0 spiro atoms. The molecule has 0 N–H and O–H groups in total. The van der Waals surface area contributed by atoms with E-state index in [1.165, 1.54) is 51.3 Å². The predicted octanol–water partition coefficient (Wildman–Crippen LogP) is 2.10. The van der Waals surface area contributed by atoms with E-state index in [-0.39, 0.29) is 24.8 Å². The Morgan fingerprint density at radius 2 is 1.32 bits per heavy atom. The molecular weight excluding hydrogens is 551 g/mol. The van der Waals surface area contributed by atoms with E-state index < -0.39 is 8.07 Å². The van der Waals surface area contributed by atoms with Crippen molar-refractivity contribution in [2.24, 2.45) is 5.92 Å². The zero-order chi connectivity index (χ0) is 23.0. The zero-order valence-electron chi connectivity index (χ0n) is 20.4. The molecule has 0 fully saturated rings. The molecule has 1 aliphatic carbocycles. The molecule has 5 rings (SSSR count). The standard InChI is InChI=1S/C13H9.C9H15Si.C8H8.2ClH.Zr/c1-3-7-12-10(5-1)9-11-6-2-4-8-13(11)12;1-8-5-6-9(7-8)10(2,3)4;1-2-8-6-4-3-5-7-8;;;/h1-9H;6-8H,1-4H3;1,3-7H,2H2;2*1H;/q2*-1;;;;+2/p-2.